The lowest BCUT2D eigenvalue weighted by molar-refractivity contribution is 0.0695. The van der Waals surface area contributed by atoms with E-state index in [1.807, 2.05) is 13.8 Å². The van der Waals surface area contributed by atoms with E-state index in [1.165, 1.54) is 0 Å². The van der Waals surface area contributed by atoms with Crippen molar-refractivity contribution < 1.29 is 9.53 Å². The van der Waals surface area contributed by atoms with E-state index in [9.17, 15) is 4.79 Å². The van der Waals surface area contributed by atoms with Crippen molar-refractivity contribution in [2.45, 2.75) is 20.0 Å². The van der Waals surface area contributed by atoms with E-state index < -0.39 is 0 Å². The van der Waals surface area contributed by atoms with E-state index in [0.717, 1.165) is 0 Å². The highest BCUT2D eigenvalue weighted by Crippen LogP contribution is 2.07. The first kappa shape index (κ1) is 13.1. The first-order valence-corrected chi connectivity index (χ1v) is 5.94. The predicted molar refractivity (Wildman–Crippen MR) is 65.4 cm³/mol. The minimum Gasteiger partial charge on any atom is -0.377 e. The molecule has 1 unspecified atom stereocenters. The molecule has 1 rings (SSSR count). The van der Waals surface area contributed by atoms with Crippen molar-refractivity contribution in [3.63, 3.8) is 0 Å². The fourth-order valence-corrected chi connectivity index (χ4v) is 1.59. The molecule has 1 N–H and O–H groups in total. The minimum absolute atomic E-state index is 0.0271. The summed E-state index contributed by atoms with van der Waals surface area (Å²) in [6, 6.07) is 3.35. The highest BCUT2D eigenvalue weighted by atomic mass is 79.9. The van der Waals surface area contributed by atoms with Crippen LogP contribution in [0.15, 0.2) is 22.9 Å². The van der Waals surface area contributed by atoms with E-state index in [4.69, 9.17) is 4.74 Å². The van der Waals surface area contributed by atoms with Crippen LogP contribution in [0.4, 0.5) is 0 Å². The first-order valence-electron chi connectivity index (χ1n) is 5.14. The van der Waals surface area contributed by atoms with Gasteiger partial charge in [-0.05, 0) is 41.9 Å². The number of nitrogens with one attached hydrogen (secondary N) is 1. The molecule has 0 radical (unpaired) electrons. The Balaban J connectivity index is 2.47. The van der Waals surface area contributed by atoms with Gasteiger partial charge in [-0.25, -0.2) is 4.98 Å². The third-order valence-corrected chi connectivity index (χ3v) is 2.42. The summed E-state index contributed by atoms with van der Waals surface area (Å²) < 4.78 is 5.97. The molecule has 4 nitrogen and oxygen atoms in total. The number of amides is 1. The molecule has 0 bridgehead atoms. The third kappa shape index (κ3) is 4.28. The van der Waals surface area contributed by atoms with Gasteiger partial charge in [-0.1, -0.05) is 0 Å². The molecule has 0 aliphatic carbocycles. The zero-order valence-electron chi connectivity index (χ0n) is 9.37. The van der Waals surface area contributed by atoms with E-state index in [1.54, 1.807) is 18.3 Å². The number of ether oxygens (including phenoxy) is 1. The summed E-state index contributed by atoms with van der Waals surface area (Å²) in [5.41, 5.74) is 0.588. The van der Waals surface area contributed by atoms with Crippen molar-refractivity contribution in [3.05, 3.63) is 28.5 Å². The lowest BCUT2D eigenvalue weighted by atomic mass is 10.2. The van der Waals surface area contributed by atoms with E-state index in [-0.39, 0.29) is 12.0 Å². The van der Waals surface area contributed by atoms with Crippen LogP contribution in [0.1, 0.15) is 24.2 Å². The minimum atomic E-state index is -0.116. The quantitative estimate of drug-likeness (QED) is 0.843. The number of pyridine rings is 1. The number of halogens is 1. The Hall–Kier alpha value is -0.940. The SMILES string of the molecule is CCOC(C)CNC(=O)c1ccnc(Br)c1. The van der Waals surface area contributed by atoms with E-state index in [2.05, 4.69) is 26.2 Å². The zero-order valence-corrected chi connectivity index (χ0v) is 11.0. The molecule has 1 amide bonds. The number of rotatable bonds is 5. The Morgan fingerprint density at radius 1 is 1.69 bits per heavy atom. The van der Waals surface area contributed by atoms with Crippen LogP contribution in [-0.4, -0.2) is 30.1 Å². The van der Waals surface area contributed by atoms with E-state index in [0.29, 0.717) is 23.3 Å². The van der Waals surface area contributed by atoms with Crippen LogP contribution in [0.2, 0.25) is 0 Å². The van der Waals surface area contributed by atoms with Crippen LogP contribution >= 0.6 is 15.9 Å². The second-order valence-electron chi connectivity index (χ2n) is 3.34. The van der Waals surface area contributed by atoms with Crippen LogP contribution in [0.25, 0.3) is 0 Å². The highest BCUT2D eigenvalue weighted by molar-refractivity contribution is 9.10. The molecule has 88 valence electrons. The molecule has 0 fully saturated rings. The molecule has 0 spiro atoms. The predicted octanol–water partition coefficient (Wildman–Crippen LogP) is 2.00. The van der Waals surface area contributed by atoms with Crippen molar-refractivity contribution in [3.8, 4) is 0 Å². The molecule has 0 aromatic carbocycles. The normalized spacial score (nSPS) is 12.2. The summed E-state index contributed by atoms with van der Waals surface area (Å²) >= 11 is 3.22. The average molecular weight is 287 g/mol. The maximum atomic E-state index is 11.7. The Morgan fingerprint density at radius 2 is 2.44 bits per heavy atom. The van der Waals surface area contributed by atoms with Crippen molar-refractivity contribution in [2.75, 3.05) is 13.2 Å². The summed E-state index contributed by atoms with van der Waals surface area (Å²) in [5.74, 6) is -0.116. The van der Waals surface area contributed by atoms with Gasteiger partial charge >= 0.3 is 0 Å². The van der Waals surface area contributed by atoms with Crippen molar-refractivity contribution in [1.82, 2.24) is 10.3 Å². The topological polar surface area (TPSA) is 51.2 Å². The number of carbonyl (C=O) groups excluding carboxylic acids is 1. The smallest absolute Gasteiger partial charge is 0.251 e. The average Bonchev–Trinajstić information content (AvgIpc) is 2.26. The summed E-state index contributed by atoms with van der Waals surface area (Å²) in [6.07, 6.45) is 1.62. The Kier molecular flexibility index (Phi) is 5.42. The summed E-state index contributed by atoms with van der Waals surface area (Å²) in [6.45, 7) is 5.01. The van der Waals surface area contributed by atoms with Gasteiger partial charge in [0.15, 0.2) is 0 Å². The molecule has 1 heterocycles. The highest BCUT2D eigenvalue weighted by Gasteiger charge is 2.07. The van der Waals surface area contributed by atoms with E-state index >= 15 is 0 Å². The van der Waals surface area contributed by atoms with Crippen LogP contribution in [0.3, 0.4) is 0 Å². The van der Waals surface area contributed by atoms with Gasteiger partial charge < -0.3 is 10.1 Å². The molecule has 1 aromatic rings. The fourth-order valence-electron chi connectivity index (χ4n) is 1.23. The van der Waals surface area contributed by atoms with Gasteiger partial charge in [-0.2, -0.15) is 0 Å². The number of carbonyl (C=O) groups is 1. The molecule has 1 aromatic heterocycles. The van der Waals surface area contributed by atoms with Crippen LogP contribution in [-0.2, 0) is 4.74 Å². The van der Waals surface area contributed by atoms with Crippen LogP contribution in [0, 0.1) is 0 Å². The van der Waals surface area contributed by atoms with Gasteiger partial charge in [-0.3, -0.25) is 4.79 Å². The lowest BCUT2D eigenvalue weighted by Gasteiger charge is -2.12. The summed E-state index contributed by atoms with van der Waals surface area (Å²) in [5, 5.41) is 2.80. The van der Waals surface area contributed by atoms with Gasteiger partial charge in [0.1, 0.15) is 4.60 Å². The Labute approximate surface area is 104 Å². The second-order valence-corrected chi connectivity index (χ2v) is 4.16. The van der Waals surface area contributed by atoms with Gasteiger partial charge in [0, 0.05) is 24.9 Å². The van der Waals surface area contributed by atoms with Crippen LogP contribution in [0.5, 0.6) is 0 Å². The summed E-state index contributed by atoms with van der Waals surface area (Å²) in [4.78, 5) is 15.6. The first-order chi connectivity index (χ1) is 7.63. The third-order valence-electron chi connectivity index (χ3n) is 1.99. The van der Waals surface area contributed by atoms with Gasteiger partial charge in [-0.15, -0.1) is 0 Å². The number of nitrogens with zero attached hydrogens (tertiary/aromatic N) is 1. The van der Waals surface area contributed by atoms with Gasteiger partial charge in [0.2, 0.25) is 0 Å². The molecular weight excluding hydrogens is 272 g/mol. The molecule has 0 saturated carbocycles. The van der Waals surface area contributed by atoms with Crippen molar-refractivity contribution >= 4 is 21.8 Å². The standard InChI is InChI=1S/C11H15BrN2O2/c1-3-16-8(2)7-14-11(15)9-4-5-13-10(12)6-9/h4-6,8H,3,7H2,1-2H3,(H,14,15). The maximum absolute atomic E-state index is 11.7. The molecule has 0 aliphatic heterocycles. The molecule has 0 saturated heterocycles. The summed E-state index contributed by atoms with van der Waals surface area (Å²) in [7, 11) is 0. The molecule has 1 atom stereocenters. The Morgan fingerprint density at radius 3 is 3.06 bits per heavy atom. The molecule has 5 heteroatoms. The van der Waals surface area contributed by atoms with Gasteiger partial charge in [0.05, 0.1) is 6.10 Å². The number of aromatic nitrogens is 1. The molecule has 16 heavy (non-hydrogen) atoms. The number of hydrogen-bond donors (Lipinski definition) is 1. The largest absolute Gasteiger partial charge is 0.377 e. The lowest BCUT2D eigenvalue weighted by Crippen LogP contribution is -2.32. The Bertz CT molecular complexity index is 358. The van der Waals surface area contributed by atoms with Crippen molar-refractivity contribution in [2.24, 2.45) is 0 Å². The second kappa shape index (κ2) is 6.60. The monoisotopic (exact) mass is 286 g/mol. The molecular formula is C11H15BrN2O2. The molecule has 0 aliphatic rings. The number of hydrogen-bond acceptors (Lipinski definition) is 3. The maximum Gasteiger partial charge on any atom is 0.251 e. The van der Waals surface area contributed by atoms with Crippen molar-refractivity contribution in [1.29, 1.82) is 0 Å². The van der Waals surface area contributed by atoms with Gasteiger partial charge in [0.25, 0.3) is 5.91 Å². The zero-order chi connectivity index (χ0) is 12.0. The fraction of sp³-hybridized carbons (Fsp3) is 0.455. The van der Waals surface area contributed by atoms with Crippen LogP contribution < -0.4 is 5.32 Å².